The number of nitrogens with zero attached hydrogens (tertiary/aromatic N) is 1. The van der Waals surface area contributed by atoms with Crippen LogP contribution < -0.4 is 10.2 Å². The van der Waals surface area contributed by atoms with Crippen molar-refractivity contribution in [2.24, 2.45) is 5.10 Å². The summed E-state index contributed by atoms with van der Waals surface area (Å²) in [6, 6.07) is 15.3. The van der Waals surface area contributed by atoms with Gasteiger partial charge in [0.25, 0.3) is 0 Å². The molecule has 0 saturated heterocycles. The summed E-state index contributed by atoms with van der Waals surface area (Å²) in [5, 5.41) is 5.06. The van der Waals surface area contributed by atoms with E-state index < -0.39 is 0 Å². The highest BCUT2D eigenvalue weighted by Crippen LogP contribution is 2.15. The van der Waals surface area contributed by atoms with E-state index in [0.717, 1.165) is 22.7 Å². The molecule has 1 N–H and O–H groups in total. The SMILES string of the molecule is CCOc1ccc(/C(C)=N\Nc2ccc(Cl)cc2)cc1. The Morgan fingerprint density at radius 3 is 2.35 bits per heavy atom. The Hall–Kier alpha value is -2.00. The van der Waals surface area contributed by atoms with Gasteiger partial charge in [0.2, 0.25) is 0 Å². The van der Waals surface area contributed by atoms with Crippen LogP contribution in [0, 0.1) is 0 Å². The first-order chi connectivity index (χ1) is 9.69. The molecule has 3 nitrogen and oxygen atoms in total. The molecular weight excluding hydrogens is 272 g/mol. The lowest BCUT2D eigenvalue weighted by molar-refractivity contribution is 0.340. The number of hydrogen-bond donors (Lipinski definition) is 1. The van der Waals surface area contributed by atoms with E-state index in [0.29, 0.717) is 11.6 Å². The molecule has 4 heteroatoms. The van der Waals surface area contributed by atoms with Crippen molar-refractivity contribution >= 4 is 23.0 Å². The van der Waals surface area contributed by atoms with E-state index in [1.165, 1.54) is 0 Å². The van der Waals surface area contributed by atoms with E-state index >= 15 is 0 Å². The van der Waals surface area contributed by atoms with E-state index in [2.05, 4.69) is 10.5 Å². The third-order valence-corrected chi connectivity index (χ3v) is 3.03. The van der Waals surface area contributed by atoms with Gasteiger partial charge in [-0.05, 0) is 67.9 Å². The van der Waals surface area contributed by atoms with Crippen LogP contribution in [-0.4, -0.2) is 12.3 Å². The Labute approximate surface area is 124 Å². The molecule has 0 aromatic heterocycles. The minimum absolute atomic E-state index is 0.671. The lowest BCUT2D eigenvalue weighted by Gasteiger charge is -2.06. The average molecular weight is 289 g/mol. The molecule has 0 aliphatic carbocycles. The molecule has 104 valence electrons. The maximum Gasteiger partial charge on any atom is 0.119 e. The number of nitrogens with one attached hydrogen (secondary N) is 1. The first-order valence-electron chi connectivity index (χ1n) is 6.48. The Bertz CT molecular complexity index is 576. The highest BCUT2D eigenvalue weighted by atomic mass is 35.5. The number of hydrogen-bond acceptors (Lipinski definition) is 3. The largest absolute Gasteiger partial charge is 0.494 e. The summed E-state index contributed by atoms with van der Waals surface area (Å²) in [6.45, 7) is 4.60. The second-order valence-corrected chi connectivity index (χ2v) is 4.71. The van der Waals surface area contributed by atoms with E-state index in [1.807, 2.05) is 62.4 Å². The zero-order chi connectivity index (χ0) is 14.4. The van der Waals surface area contributed by atoms with Gasteiger partial charge in [-0.2, -0.15) is 5.10 Å². The van der Waals surface area contributed by atoms with Crippen molar-refractivity contribution in [3.8, 4) is 5.75 Å². The number of hydrazone groups is 1. The van der Waals surface area contributed by atoms with Crippen LogP contribution in [0.2, 0.25) is 5.02 Å². The number of ether oxygens (including phenoxy) is 1. The van der Waals surface area contributed by atoms with Crippen molar-refractivity contribution in [1.82, 2.24) is 0 Å². The third kappa shape index (κ3) is 4.00. The molecule has 2 aromatic rings. The Morgan fingerprint density at radius 2 is 1.75 bits per heavy atom. The molecule has 0 fully saturated rings. The maximum absolute atomic E-state index is 5.84. The van der Waals surface area contributed by atoms with Crippen LogP contribution in [0.15, 0.2) is 53.6 Å². The highest BCUT2D eigenvalue weighted by molar-refractivity contribution is 6.30. The standard InChI is InChI=1S/C16H17ClN2O/c1-3-20-16-10-4-13(5-11-16)12(2)18-19-15-8-6-14(17)7-9-15/h4-11,19H,3H2,1-2H3/b18-12-. The van der Waals surface area contributed by atoms with Gasteiger partial charge in [-0.3, -0.25) is 5.43 Å². The zero-order valence-corrected chi connectivity index (χ0v) is 12.3. The van der Waals surface area contributed by atoms with Gasteiger partial charge in [0.15, 0.2) is 0 Å². The molecule has 0 atom stereocenters. The Morgan fingerprint density at radius 1 is 1.10 bits per heavy atom. The van der Waals surface area contributed by atoms with Crippen molar-refractivity contribution in [2.45, 2.75) is 13.8 Å². The zero-order valence-electron chi connectivity index (χ0n) is 11.6. The Balaban J connectivity index is 2.04. The molecule has 2 rings (SSSR count). The van der Waals surface area contributed by atoms with Crippen molar-refractivity contribution in [1.29, 1.82) is 0 Å². The van der Waals surface area contributed by atoms with Crippen LogP contribution in [0.1, 0.15) is 19.4 Å². The Kier molecular flexibility index (Phi) is 5.02. The third-order valence-electron chi connectivity index (χ3n) is 2.78. The van der Waals surface area contributed by atoms with E-state index in [4.69, 9.17) is 16.3 Å². The van der Waals surface area contributed by atoms with Gasteiger partial charge in [-0.1, -0.05) is 11.6 Å². The summed E-state index contributed by atoms with van der Waals surface area (Å²) in [5.74, 6) is 0.870. The lowest BCUT2D eigenvalue weighted by Crippen LogP contribution is -2.00. The molecule has 0 heterocycles. The summed E-state index contributed by atoms with van der Waals surface area (Å²) in [5.41, 5.74) is 5.87. The van der Waals surface area contributed by atoms with Crippen LogP contribution in [0.3, 0.4) is 0 Å². The van der Waals surface area contributed by atoms with Crippen molar-refractivity contribution in [2.75, 3.05) is 12.0 Å². The minimum Gasteiger partial charge on any atom is -0.494 e. The summed E-state index contributed by atoms with van der Waals surface area (Å²) < 4.78 is 5.41. The predicted molar refractivity (Wildman–Crippen MR) is 84.9 cm³/mol. The second-order valence-electron chi connectivity index (χ2n) is 4.27. The van der Waals surface area contributed by atoms with E-state index in [-0.39, 0.29) is 0 Å². The van der Waals surface area contributed by atoms with Gasteiger partial charge in [-0.15, -0.1) is 0 Å². The highest BCUT2D eigenvalue weighted by Gasteiger charge is 1.99. The topological polar surface area (TPSA) is 33.6 Å². The molecule has 0 spiro atoms. The first-order valence-corrected chi connectivity index (χ1v) is 6.86. The fourth-order valence-corrected chi connectivity index (χ4v) is 1.82. The number of rotatable bonds is 5. The predicted octanol–water partition coefficient (Wildman–Crippen LogP) is 4.57. The monoisotopic (exact) mass is 288 g/mol. The van der Waals surface area contributed by atoms with Gasteiger partial charge < -0.3 is 4.74 Å². The summed E-state index contributed by atoms with van der Waals surface area (Å²) in [4.78, 5) is 0. The van der Waals surface area contributed by atoms with Gasteiger partial charge in [-0.25, -0.2) is 0 Å². The molecule has 0 aliphatic heterocycles. The molecule has 20 heavy (non-hydrogen) atoms. The van der Waals surface area contributed by atoms with Crippen molar-refractivity contribution in [3.05, 3.63) is 59.1 Å². The van der Waals surface area contributed by atoms with Crippen molar-refractivity contribution < 1.29 is 4.74 Å². The van der Waals surface area contributed by atoms with Crippen LogP contribution in [-0.2, 0) is 0 Å². The second kappa shape index (κ2) is 6.96. The van der Waals surface area contributed by atoms with E-state index in [9.17, 15) is 0 Å². The molecule has 0 amide bonds. The van der Waals surface area contributed by atoms with Crippen molar-refractivity contribution in [3.63, 3.8) is 0 Å². The quantitative estimate of drug-likeness (QED) is 0.645. The van der Waals surface area contributed by atoms with Crippen LogP contribution in [0.5, 0.6) is 5.75 Å². The number of anilines is 1. The van der Waals surface area contributed by atoms with Gasteiger partial charge in [0.05, 0.1) is 18.0 Å². The maximum atomic E-state index is 5.84. The normalized spacial score (nSPS) is 11.2. The van der Waals surface area contributed by atoms with Gasteiger partial charge in [0.1, 0.15) is 5.75 Å². The van der Waals surface area contributed by atoms with E-state index in [1.54, 1.807) is 0 Å². The number of benzene rings is 2. The number of halogens is 1. The smallest absolute Gasteiger partial charge is 0.119 e. The van der Waals surface area contributed by atoms with Gasteiger partial charge in [0, 0.05) is 5.02 Å². The van der Waals surface area contributed by atoms with Gasteiger partial charge >= 0.3 is 0 Å². The lowest BCUT2D eigenvalue weighted by atomic mass is 10.1. The molecule has 0 aliphatic rings. The summed E-state index contributed by atoms with van der Waals surface area (Å²) in [7, 11) is 0. The molecular formula is C16H17ClN2O. The first kappa shape index (κ1) is 14.4. The fraction of sp³-hybridized carbons (Fsp3) is 0.188. The molecule has 0 bridgehead atoms. The molecule has 0 radical (unpaired) electrons. The average Bonchev–Trinajstić information content (AvgIpc) is 2.47. The fourth-order valence-electron chi connectivity index (χ4n) is 1.70. The van der Waals surface area contributed by atoms with Crippen LogP contribution >= 0.6 is 11.6 Å². The molecule has 0 saturated carbocycles. The summed E-state index contributed by atoms with van der Waals surface area (Å²) in [6.07, 6.45) is 0. The van der Waals surface area contributed by atoms with Crippen LogP contribution in [0.25, 0.3) is 0 Å². The molecule has 2 aromatic carbocycles. The van der Waals surface area contributed by atoms with Crippen LogP contribution in [0.4, 0.5) is 5.69 Å². The molecule has 0 unspecified atom stereocenters. The minimum atomic E-state index is 0.671. The summed E-state index contributed by atoms with van der Waals surface area (Å²) >= 11 is 5.84.